The van der Waals surface area contributed by atoms with Crippen LogP contribution in [0.2, 0.25) is 5.02 Å². The molecule has 0 fully saturated rings. The lowest BCUT2D eigenvalue weighted by atomic mass is 10.1. The molecule has 0 heterocycles. The normalized spacial score (nSPS) is 12.2. The van der Waals surface area contributed by atoms with E-state index in [-0.39, 0.29) is 29.7 Å². The van der Waals surface area contributed by atoms with E-state index in [9.17, 15) is 18.0 Å². The van der Waals surface area contributed by atoms with Gasteiger partial charge in [-0.1, -0.05) is 11.6 Å². The largest absolute Gasteiger partial charge is 0.480 e. The number of halogens is 4. The molecule has 0 aromatic heterocycles. The molecule has 1 N–H and O–H groups in total. The highest BCUT2D eigenvalue weighted by Gasteiger charge is 2.31. The molecule has 3 nitrogen and oxygen atoms in total. The fraction of sp³-hybridized carbons (Fsp3) is 0.462. The maximum Gasteiger partial charge on any atom is 0.416 e. The molecule has 0 aliphatic rings. The van der Waals surface area contributed by atoms with E-state index in [0.717, 1.165) is 12.1 Å². The van der Waals surface area contributed by atoms with Gasteiger partial charge in [-0.05, 0) is 37.6 Å². The lowest BCUT2D eigenvalue weighted by Gasteiger charge is -2.25. The summed E-state index contributed by atoms with van der Waals surface area (Å²) in [4.78, 5) is 12.3. The molecular weight excluding hydrogens is 295 g/mol. The molecule has 1 rings (SSSR count). The van der Waals surface area contributed by atoms with Crippen LogP contribution >= 0.6 is 11.6 Å². The number of aliphatic carboxylic acids is 1. The van der Waals surface area contributed by atoms with Crippen molar-refractivity contribution in [2.24, 2.45) is 0 Å². The summed E-state index contributed by atoms with van der Waals surface area (Å²) in [5.74, 6) is -1.04. The maximum absolute atomic E-state index is 12.7. The van der Waals surface area contributed by atoms with Crippen molar-refractivity contribution in [1.29, 1.82) is 0 Å². The van der Waals surface area contributed by atoms with Gasteiger partial charge < -0.3 is 5.11 Å². The second-order valence-electron chi connectivity index (χ2n) is 4.70. The van der Waals surface area contributed by atoms with Crippen molar-refractivity contribution in [3.8, 4) is 0 Å². The van der Waals surface area contributed by atoms with E-state index < -0.39 is 17.7 Å². The van der Waals surface area contributed by atoms with Crippen molar-refractivity contribution in [3.63, 3.8) is 0 Å². The van der Waals surface area contributed by atoms with Crippen LogP contribution in [0.15, 0.2) is 18.2 Å². The summed E-state index contributed by atoms with van der Waals surface area (Å²) < 4.78 is 38.0. The number of carboxylic acid groups (broad SMARTS) is 1. The van der Waals surface area contributed by atoms with Gasteiger partial charge in [-0.25, -0.2) is 0 Å². The van der Waals surface area contributed by atoms with Gasteiger partial charge in [-0.3, -0.25) is 9.69 Å². The minimum Gasteiger partial charge on any atom is -0.480 e. The average Bonchev–Trinajstić information content (AvgIpc) is 2.28. The molecule has 0 aliphatic heterocycles. The number of rotatable bonds is 5. The van der Waals surface area contributed by atoms with Crippen LogP contribution in [0.4, 0.5) is 13.2 Å². The maximum atomic E-state index is 12.7. The number of alkyl halides is 3. The minimum absolute atomic E-state index is 0.0483. The Balaban J connectivity index is 3.03. The Kier molecular flexibility index (Phi) is 5.42. The van der Waals surface area contributed by atoms with Gasteiger partial charge in [0.05, 0.1) is 12.1 Å². The van der Waals surface area contributed by atoms with E-state index in [1.807, 2.05) is 0 Å². The first-order valence-electron chi connectivity index (χ1n) is 5.92. The Hall–Kier alpha value is -1.27. The van der Waals surface area contributed by atoms with E-state index in [4.69, 9.17) is 16.7 Å². The van der Waals surface area contributed by atoms with E-state index in [1.54, 1.807) is 13.8 Å². The fourth-order valence-electron chi connectivity index (χ4n) is 1.69. The monoisotopic (exact) mass is 309 g/mol. The van der Waals surface area contributed by atoms with Crippen molar-refractivity contribution in [2.45, 2.75) is 32.6 Å². The van der Waals surface area contributed by atoms with Gasteiger partial charge in [0.1, 0.15) is 0 Å². The fourth-order valence-corrected chi connectivity index (χ4v) is 1.86. The van der Waals surface area contributed by atoms with Crippen LogP contribution in [0.1, 0.15) is 25.0 Å². The lowest BCUT2D eigenvalue weighted by Crippen LogP contribution is -2.35. The first kappa shape index (κ1) is 16.8. The Bertz CT molecular complexity index is 489. The summed E-state index contributed by atoms with van der Waals surface area (Å²) in [7, 11) is 0. The smallest absolute Gasteiger partial charge is 0.416 e. The van der Waals surface area contributed by atoms with E-state index in [0.29, 0.717) is 0 Å². The van der Waals surface area contributed by atoms with Crippen molar-refractivity contribution in [2.75, 3.05) is 6.54 Å². The Morgan fingerprint density at radius 1 is 1.40 bits per heavy atom. The molecule has 20 heavy (non-hydrogen) atoms. The Morgan fingerprint density at radius 3 is 2.45 bits per heavy atom. The molecule has 0 radical (unpaired) electrons. The van der Waals surface area contributed by atoms with Gasteiger partial charge in [0.25, 0.3) is 0 Å². The van der Waals surface area contributed by atoms with Crippen LogP contribution in [0, 0.1) is 0 Å². The zero-order valence-electron chi connectivity index (χ0n) is 11.0. The van der Waals surface area contributed by atoms with Gasteiger partial charge in [0.15, 0.2) is 0 Å². The van der Waals surface area contributed by atoms with Gasteiger partial charge in [-0.15, -0.1) is 0 Å². The van der Waals surface area contributed by atoms with Crippen molar-refractivity contribution >= 4 is 17.6 Å². The standard InChI is InChI=1S/C13H15ClF3NO2/c1-8(2)18(7-12(19)20)6-9-5-10(13(15,16)17)3-4-11(9)14/h3-5,8H,6-7H2,1-2H3,(H,19,20). The molecule has 7 heteroatoms. The quantitative estimate of drug-likeness (QED) is 0.902. The van der Waals surface area contributed by atoms with E-state index in [2.05, 4.69) is 0 Å². The number of carboxylic acids is 1. The highest BCUT2D eigenvalue weighted by atomic mass is 35.5. The van der Waals surface area contributed by atoms with E-state index >= 15 is 0 Å². The number of carbonyl (C=O) groups is 1. The Labute approximate surface area is 120 Å². The second kappa shape index (κ2) is 6.45. The molecule has 112 valence electrons. The van der Waals surface area contributed by atoms with Crippen LogP contribution in [0.5, 0.6) is 0 Å². The van der Waals surface area contributed by atoms with Crippen LogP contribution in [-0.2, 0) is 17.5 Å². The van der Waals surface area contributed by atoms with Crippen LogP contribution in [0.25, 0.3) is 0 Å². The third-order valence-corrected chi connectivity index (χ3v) is 3.18. The van der Waals surface area contributed by atoms with Crippen molar-refractivity contribution < 1.29 is 23.1 Å². The number of hydrogen-bond donors (Lipinski definition) is 1. The summed E-state index contributed by atoms with van der Waals surface area (Å²) in [6.45, 7) is 3.33. The van der Waals surface area contributed by atoms with Gasteiger partial charge in [0.2, 0.25) is 0 Å². The lowest BCUT2D eigenvalue weighted by molar-refractivity contribution is -0.139. The molecule has 1 aromatic carbocycles. The molecule has 0 saturated heterocycles. The topological polar surface area (TPSA) is 40.5 Å². The minimum atomic E-state index is -4.45. The average molecular weight is 310 g/mol. The highest BCUT2D eigenvalue weighted by molar-refractivity contribution is 6.31. The zero-order valence-corrected chi connectivity index (χ0v) is 11.8. The molecule has 1 aromatic rings. The highest BCUT2D eigenvalue weighted by Crippen LogP contribution is 2.32. The summed E-state index contributed by atoms with van der Waals surface area (Å²) in [6, 6.07) is 2.91. The van der Waals surface area contributed by atoms with Crippen molar-refractivity contribution in [1.82, 2.24) is 4.90 Å². The number of hydrogen-bond acceptors (Lipinski definition) is 2. The Morgan fingerprint density at radius 2 is 2.00 bits per heavy atom. The molecule has 0 bridgehead atoms. The third kappa shape index (κ3) is 4.68. The second-order valence-corrected chi connectivity index (χ2v) is 5.10. The predicted molar refractivity (Wildman–Crippen MR) is 69.6 cm³/mol. The number of benzene rings is 1. The molecule has 0 spiro atoms. The molecule has 0 unspecified atom stereocenters. The first-order valence-corrected chi connectivity index (χ1v) is 6.30. The number of nitrogens with zero attached hydrogens (tertiary/aromatic N) is 1. The van der Waals surface area contributed by atoms with Gasteiger partial charge in [0, 0.05) is 17.6 Å². The summed E-state index contributed by atoms with van der Waals surface area (Å²) in [5.41, 5.74) is -0.535. The van der Waals surface area contributed by atoms with Crippen LogP contribution in [0.3, 0.4) is 0 Å². The molecule has 0 aliphatic carbocycles. The molecular formula is C13H15ClF3NO2. The SMILES string of the molecule is CC(C)N(CC(=O)O)Cc1cc(C(F)(F)F)ccc1Cl. The summed E-state index contributed by atoms with van der Waals surface area (Å²) in [5, 5.41) is 9.00. The van der Waals surface area contributed by atoms with E-state index in [1.165, 1.54) is 11.0 Å². The third-order valence-electron chi connectivity index (χ3n) is 2.82. The van der Waals surface area contributed by atoms with Gasteiger partial charge >= 0.3 is 12.1 Å². The zero-order chi connectivity index (χ0) is 15.5. The van der Waals surface area contributed by atoms with Crippen LogP contribution < -0.4 is 0 Å². The van der Waals surface area contributed by atoms with Crippen molar-refractivity contribution in [3.05, 3.63) is 34.3 Å². The summed E-state index contributed by atoms with van der Waals surface area (Å²) >= 11 is 5.89. The first-order chi connectivity index (χ1) is 9.11. The van der Waals surface area contributed by atoms with Crippen LogP contribution in [-0.4, -0.2) is 28.6 Å². The molecule has 0 amide bonds. The van der Waals surface area contributed by atoms with Gasteiger partial charge in [-0.2, -0.15) is 13.2 Å². The molecule has 0 saturated carbocycles. The summed E-state index contributed by atoms with van der Waals surface area (Å²) in [6.07, 6.45) is -4.45. The predicted octanol–water partition coefficient (Wildman–Crippen LogP) is 3.65. The molecule has 0 atom stereocenters.